The molecule has 0 bridgehead atoms. The van der Waals surface area contributed by atoms with Gasteiger partial charge in [0.1, 0.15) is 5.69 Å². The van der Waals surface area contributed by atoms with Gasteiger partial charge in [-0.3, -0.25) is 5.10 Å². The first-order valence-electron chi connectivity index (χ1n) is 4.23. The normalized spacial score (nSPS) is 12.6. The van der Waals surface area contributed by atoms with Crippen LogP contribution in [0.4, 0.5) is 22.0 Å². The van der Waals surface area contributed by atoms with Crippen molar-refractivity contribution >= 4 is 10.9 Å². The number of nitrogens with one attached hydrogen (secondary N) is 1. The van der Waals surface area contributed by atoms with Gasteiger partial charge in [0.2, 0.25) is 0 Å². The number of nitrogens with zero attached hydrogens (tertiary/aromatic N) is 1. The van der Waals surface area contributed by atoms with Crippen molar-refractivity contribution < 1.29 is 22.0 Å². The van der Waals surface area contributed by atoms with Crippen LogP contribution in [0.25, 0.3) is 10.9 Å². The summed E-state index contributed by atoms with van der Waals surface area (Å²) in [6.07, 6.45) is -7.43. The predicted octanol–water partition coefficient (Wildman–Crippen LogP) is 3.52. The Labute approximate surface area is 86.1 Å². The number of hydrogen-bond donors (Lipinski definition) is 1. The first-order chi connectivity index (χ1) is 7.39. The van der Waals surface area contributed by atoms with Crippen molar-refractivity contribution in [1.82, 2.24) is 10.2 Å². The van der Waals surface area contributed by atoms with Gasteiger partial charge in [0.15, 0.2) is 0 Å². The first-order valence-corrected chi connectivity index (χ1v) is 4.23. The van der Waals surface area contributed by atoms with Crippen LogP contribution in [0.5, 0.6) is 0 Å². The maximum Gasteiger partial charge on any atom is 0.416 e. The van der Waals surface area contributed by atoms with E-state index in [4.69, 9.17) is 0 Å². The highest BCUT2D eigenvalue weighted by Gasteiger charge is 2.31. The molecule has 86 valence electrons. The molecule has 0 saturated heterocycles. The summed E-state index contributed by atoms with van der Waals surface area (Å²) in [6, 6.07) is 2.53. The van der Waals surface area contributed by atoms with Crippen LogP contribution in [0.2, 0.25) is 0 Å². The molecule has 0 radical (unpaired) electrons. The molecule has 16 heavy (non-hydrogen) atoms. The second-order valence-electron chi connectivity index (χ2n) is 3.17. The predicted molar refractivity (Wildman–Crippen MR) is 46.1 cm³/mol. The summed E-state index contributed by atoms with van der Waals surface area (Å²) < 4.78 is 61.8. The third-order valence-electron chi connectivity index (χ3n) is 2.13. The van der Waals surface area contributed by atoms with Gasteiger partial charge in [-0.25, -0.2) is 8.78 Å². The van der Waals surface area contributed by atoms with Crippen LogP contribution in [-0.4, -0.2) is 10.2 Å². The Morgan fingerprint density at radius 1 is 1.19 bits per heavy atom. The number of aromatic amines is 1. The van der Waals surface area contributed by atoms with Gasteiger partial charge < -0.3 is 0 Å². The third kappa shape index (κ3) is 1.72. The SMILES string of the molecule is FC(F)c1[nH]nc2ccc(C(F)(F)F)cc12. The lowest BCUT2D eigenvalue weighted by molar-refractivity contribution is -0.137. The van der Waals surface area contributed by atoms with Gasteiger partial charge in [-0.2, -0.15) is 18.3 Å². The fourth-order valence-electron chi connectivity index (χ4n) is 1.37. The molecule has 0 unspecified atom stereocenters. The summed E-state index contributed by atoms with van der Waals surface area (Å²) in [4.78, 5) is 0. The number of halogens is 5. The Morgan fingerprint density at radius 3 is 2.44 bits per heavy atom. The zero-order valence-corrected chi connectivity index (χ0v) is 7.65. The Morgan fingerprint density at radius 2 is 1.88 bits per heavy atom. The number of rotatable bonds is 1. The summed E-state index contributed by atoms with van der Waals surface area (Å²) in [7, 11) is 0. The van der Waals surface area contributed by atoms with Crippen LogP contribution in [0.15, 0.2) is 18.2 Å². The number of benzene rings is 1. The van der Waals surface area contributed by atoms with Gasteiger partial charge in [-0.15, -0.1) is 0 Å². The lowest BCUT2D eigenvalue weighted by atomic mass is 10.1. The Hall–Kier alpha value is -1.66. The molecule has 1 N–H and O–H groups in total. The van der Waals surface area contributed by atoms with E-state index in [2.05, 4.69) is 5.10 Å². The Balaban J connectivity index is 2.63. The topological polar surface area (TPSA) is 28.7 Å². The zero-order valence-electron chi connectivity index (χ0n) is 7.65. The van der Waals surface area contributed by atoms with Crippen molar-refractivity contribution in [2.75, 3.05) is 0 Å². The summed E-state index contributed by atoms with van der Waals surface area (Å²) in [5.74, 6) is 0. The molecule has 7 heteroatoms. The number of fused-ring (bicyclic) bond motifs is 1. The van der Waals surface area contributed by atoms with Crippen LogP contribution in [0, 0.1) is 0 Å². The number of aromatic nitrogens is 2. The minimum Gasteiger partial charge on any atom is -0.276 e. The van der Waals surface area contributed by atoms with E-state index in [-0.39, 0.29) is 10.9 Å². The molecule has 1 aromatic heterocycles. The monoisotopic (exact) mass is 236 g/mol. The number of hydrogen-bond acceptors (Lipinski definition) is 1. The molecule has 0 aliphatic carbocycles. The zero-order chi connectivity index (χ0) is 11.9. The maximum absolute atomic E-state index is 12.4. The molecule has 0 fully saturated rings. The van der Waals surface area contributed by atoms with Crippen molar-refractivity contribution in [3.05, 3.63) is 29.5 Å². The summed E-state index contributed by atoms with van der Waals surface area (Å²) in [5, 5.41) is 5.31. The summed E-state index contributed by atoms with van der Waals surface area (Å²) in [6.45, 7) is 0. The lowest BCUT2D eigenvalue weighted by Gasteiger charge is -2.06. The van der Waals surface area contributed by atoms with Crippen LogP contribution < -0.4 is 0 Å². The van der Waals surface area contributed by atoms with E-state index >= 15 is 0 Å². The highest BCUT2D eigenvalue weighted by atomic mass is 19.4. The average molecular weight is 236 g/mol. The van der Waals surface area contributed by atoms with E-state index in [0.717, 1.165) is 12.1 Å². The minimum atomic E-state index is -4.55. The quantitative estimate of drug-likeness (QED) is 0.754. The van der Waals surface area contributed by atoms with Crippen molar-refractivity contribution in [2.45, 2.75) is 12.6 Å². The molecule has 0 spiro atoms. The highest BCUT2D eigenvalue weighted by molar-refractivity contribution is 5.82. The maximum atomic E-state index is 12.4. The molecule has 0 saturated carbocycles. The molecule has 0 atom stereocenters. The van der Waals surface area contributed by atoms with Crippen LogP contribution in [-0.2, 0) is 6.18 Å². The smallest absolute Gasteiger partial charge is 0.276 e. The lowest BCUT2D eigenvalue weighted by Crippen LogP contribution is -2.04. The van der Waals surface area contributed by atoms with E-state index in [9.17, 15) is 22.0 Å². The second-order valence-corrected chi connectivity index (χ2v) is 3.17. The molecule has 2 rings (SSSR count). The van der Waals surface area contributed by atoms with Gasteiger partial charge in [-0.1, -0.05) is 0 Å². The van der Waals surface area contributed by atoms with Gasteiger partial charge in [-0.05, 0) is 18.2 Å². The summed E-state index contributed by atoms with van der Waals surface area (Å²) >= 11 is 0. The number of H-pyrrole nitrogens is 1. The van der Waals surface area contributed by atoms with Gasteiger partial charge in [0, 0.05) is 5.39 Å². The molecule has 0 aliphatic heterocycles. The highest BCUT2D eigenvalue weighted by Crippen LogP contribution is 2.33. The Bertz CT molecular complexity index is 514. The van der Waals surface area contributed by atoms with Crippen LogP contribution >= 0.6 is 0 Å². The second kappa shape index (κ2) is 3.43. The fourth-order valence-corrected chi connectivity index (χ4v) is 1.37. The largest absolute Gasteiger partial charge is 0.416 e. The Kier molecular flexibility index (Phi) is 2.32. The van der Waals surface area contributed by atoms with Crippen molar-refractivity contribution in [3.63, 3.8) is 0 Å². The van der Waals surface area contributed by atoms with Crippen LogP contribution in [0.1, 0.15) is 17.7 Å². The van der Waals surface area contributed by atoms with Crippen molar-refractivity contribution in [3.8, 4) is 0 Å². The average Bonchev–Trinajstić information content (AvgIpc) is 2.58. The van der Waals surface area contributed by atoms with Crippen molar-refractivity contribution in [1.29, 1.82) is 0 Å². The molecule has 1 heterocycles. The van der Waals surface area contributed by atoms with Crippen molar-refractivity contribution in [2.24, 2.45) is 0 Å². The summed E-state index contributed by atoms with van der Waals surface area (Å²) in [5.41, 5.74) is -1.48. The van der Waals surface area contributed by atoms with Gasteiger partial charge in [0.05, 0.1) is 11.1 Å². The standard InChI is InChI=1S/C9H5F5N2/c10-8(11)7-5-3-4(9(12,13)14)1-2-6(5)15-16-7/h1-3,8H,(H,15,16). The molecule has 0 amide bonds. The molecular weight excluding hydrogens is 231 g/mol. The van der Waals surface area contributed by atoms with E-state index in [1.54, 1.807) is 0 Å². The minimum absolute atomic E-state index is 0.0864. The molecular formula is C9H5F5N2. The van der Waals surface area contributed by atoms with E-state index in [1.165, 1.54) is 0 Å². The van der Waals surface area contributed by atoms with E-state index < -0.39 is 23.9 Å². The van der Waals surface area contributed by atoms with Gasteiger partial charge >= 0.3 is 6.18 Å². The number of alkyl halides is 5. The first kappa shape index (κ1) is 10.8. The molecule has 2 aromatic rings. The third-order valence-corrected chi connectivity index (χ3v) is 2.13. The molecule has 1 aromatic carbocycles. The van der Waals surface area contributed by atoms with E-state index in [0.29, 0.717) is 6.07 Å². The van der Waals surface area contributed by atoms with Crippen LogP contribution in [0.3, 0.4) is 0 Å². The fraction of sp³-hybridized carbons (Fsp3) is 0.222. The molecule has 0 aliphatic rings. The van der Waals surface area contributed by atoms with E-state index in [1.807, 2.05) is 5.10 Å². The van der Waals surface area contributed by atoms with Gasteiger partial charge in [0.25, 0.3) is 6.43 Å². The molecule has 2 nitrogen and oxygen atoms in total.